The quantitative estimate of drug-likeness (QED) is 0.337. The van der Waals surface area contributed by atoms with E-state index in [1.165, 1.54) is 15.9 Å². The molecule has 0 saturated heterocycles. The predicted octanol–water partition coefficient (Wildman–Crippen LogP) is 5.09. The first-order valence-electron chi connectivity index (χ1n) is 11.8. The third-order valence-electron chi connectivity index (χ3n) is 6.22. The number of benzene rings is 2. The molecule has 37 heavy (non-hydrogen) atoms. The predicted molar refractivity (Wildman–Crippen MR) is 143 cm³/mol. The Morgan fingerprint density at radius 1 is 1.14 bits per heavy atom. The lowest BCUT2D eigenvalue weighted by Gasteiger charge is -2.26. The summed E-state index contributed by atoms with van der Waals surface area (Å²) < 4.78 is 12.8. The molecular formula is C26H22N4O5S2. The molecule has 0 unspecified atom stereocenters. The van der Waals surface area contributed by atoms with Gasteiger partial charge in [-0.15, -0.1) is 22.7 Å². The van der Waals surface area contributed by atoms with Gasteiger partial charge in [0, 0.05) is 17.0 Å². The number of para-hydroxylation sites is 3. The van der Waals surface area contributed by atoms with Gasteiger partial charge in [-0.2, -0.15) is 0 Å². The van der Waals surface area contributed by atoms with Gasteiger partial charge in [0.15, 0.2) is 5.58 Å². The number of fused-ring (bicyclic) bond motifs is 3. The van der Waals surface area contributed by atoms with E-state index in [4.69, 9.17) is 14.1 Å². The number of thiazole rings is 1. The smallest absolute Gasteiger partial charge is 0.420 e. The molecule has 0 aliphatic carbocycles. The number of ether oxygens (including phenoxy) is 1. The summed E-state index contributed by atoms with van der Waals surface area (Å²) >= 11 is 2.99. The summed E-state index contributed by atoms with van der Waals surface area (Å²) in [4.78, 5) is 45.5. The van der Waals surface area contributed by atoms with Crippen LogP contribution in [0.5, 0.6) is 0 Å². The lowest BCUT2D eigenvalue weighted by molar-refractivity contribution is -0.116. The molecule has 0 radical (unpaired) electrons. The fourth-order valence-corrected chi connectivity index (χ4v) is 6.93. The molecule has 3 aromatic heterocycles. The second-order valence-corrected chi connectivity index (χ2v) is 10.7. The van der Waals surface area contributed by atoms with Crippen molar-refractivity contribution in [2.45, 2.75) is 26.4 Å². The zero-order valence-corrected chi connectivity index (χ0v) is 21.5. The van der Waals surface area contributed by atoms with Gasteiger partial charge in [-0.05, 0) is 43.2 Å². The van der Waals surface area contributed by atoms with Crippen LogP contribution in [-0.4, -0.2) is 39.6 Å². The van der Waals surface area contributed by atoms with Crippen LogP contribution < -0.4 is 11.1 Å². The van der Waals surface area contributed by atoms with Gasteiger partial charge < -0.3 is 19.4 Å². The van der Waals surface area contributed by atoms with Gasteiger partial charge in [-0.3, -0.25) is 9.36 Å². The molecule has 0 spiro atoms. The number of nitrogens with zero attached hydrogens (tertiary/aromatic N) is 3. The normalized spacial score (nSPS) is 13.2. The van der Waals surface area contributed by atoms with Crippen LogP contribution in [0.15, 0.2) is 57.7 Å². The van der Waals surface area contributed by atoms with E-state index in [2.05, 4.69) is 5.32 Å². The summed E-state index contributed by atoms with van der Waals surface area (Å²) in [5.41, 5.74) is 3.83. The van der Waals surface area contributed by atoms with Crippen molar-refractivity contribution in [3.8, 4) is 10.6 Å². The number of anilines is 1. The Balaban J connectivity index is 1.36. The molecule has 11 heteroatoms. The van der Waals surface area contributed by atoms with Crippen molar-refractivity contribution in [1.82, 2.24) is 14.5 Å². The molecule has 0 atom stereocenters. The van der Waals surface area contributed by atoms with Crippen LogP contribution in [-0.2, 0) is 29.0 Å². The van der Waals surface area contributed by atoms with Crippen LogP contribution >= 0.6 is 22.7 Å². The molecule has 2 aromatic carbocycles. The molecule has 9 nitrogen and oxygen atoms in total. The number of thiophene rings is 1. The number of carbonyl (C=O) groups excluding carboxylic acids is 2. The van der Waals surface area contributed by atoms with Crippen LogP contribution in [0.1, 0.15) is 17.4 Å². The Morgan fingerprint density at radius 3 is 2.78 bits per heavy atom. The monoisotopic (exact) mass is 534 g/mol. The minimum absolute atomic E-state index is 0.188. The molecule has 0 bridgehead atoms. The topological polar surface area (TPSA) is 107 Å². The zero-order chi connectivity index (χ0) is 25.5. The molecule has 1 N–H and O–H groups in total. The minimum atomic E-state index is -0.585. The zero-order valence-electron chi connectivity index (χ0n) is 19.9. The summed E-state index contributed by atoms with van der Waals surface area (Å²) in [6, 6.07) is 14.9. The maximum absolute atomic E-state index is 13.2. The Kier molecular flexibility index (Phi) is 6.01. The number of hydrogen-bond acceptors (Lipinski definition) is 8. The Morgan fingerprint density at radius 2 is 1.95 bits per heavy atom. The highest BCUT2D eigenvalue weighted by molar-refractivity contribution is 7.22. The molecule has 6 rings (SSSR count). The molecule has 2 amide bonds. The first kappa shape index (κ1) is 23.4. The van der Waals surface area contributed by atoms with Crippen molar-refractivity contribution in [2.75, 3.05) is 18.5 Å². The van der Waals surface area contributed by atoms with Gasteiger partial charge >= 0.3 is 11.8 Å². The molecule has 4 heterocycles. The SMILES string of the molecule is CCOC(=O)N1CCc2c(sc(NC(=O)Cn3c(=O)oc4ccccc43)c2-c2nc3ccccc3s2)C1. The first-order chi connectivity index (χ1) is 18.0. The average molecular weight is 535 g/mol. The Hall–Kier alpha value is -3.96. The van der Waals surface area contributed by atoms with Gasteiger partial charge in [0.25, 0.3) is 0 Å². The van der Waals surface area contributed by atoms with E-state index in [9.17, 15) is 14.4 Å². The molecule has 5 aromatic rings. The minimum Gasteiger partial charge on any atom is -0.450 e. The van der Waals surface area contributed by atoms with Crippen molar-refractivity contribution >= 4 is 61.0 Å². The number of oxazole rings is 1. The van der Waals surface area contributed by atoms with E-state index in [0.29, 0.717) is 42.2 Å². The maximum Gasteiger partial charge on any atom is 0.420 e. The number of rotatable bonds is 5. The van der Waals surface area contributed by atoms with Crippen molar-refractivity contribution in [3.63, 3.8) is 0 Å². The van der Waals surface area contributed by atoms with Crippen LogP contribution in [0.25, 0.3) is 31.9 Å². The van der Waals surface area contributed by atoms with E-state index < -0.39 is 5.76 Å². The van der Waals surface area contributed by atoms with E-state index >= 15 is 0 Å². The average Bonchev–Trinajstić information content (AvgIpc) is 3.56. The van der Waals surface area contributed by atoms with Crippen molar-refractivity contribution < 1.29 is 18.7 Å². The Labute approximate surface area is 218 Å². The lowest BCUT2D eigenvalue weighted by Crippen LogP contribution is -2.35. The molecule has 1 aliphatic rings. The molecule has 0 saturated carbocycles. The first-order valence-corrected chi connectivity index (χ1v) is 13.5. The van der Waals surface area contributed by atoms with E-state index in [0.717, 1.165) is 31.2 Å². The van der Waals surface area contributed by atoms with Gasteiger partial charge in [0.2, 0.25) is 5.91 Å². The van der Waals surface area contributed by atoms with Gasteiger partial charge in [-0.25, -0.2) is 14.6 Å². The van der Waals surface area contributed by atoms with E-state index in [1.807, 2.05) is 24.3 Å². The summed E-state index contributed by atoms with van der Waals surface area (Å²) in [5, 5.41) is 4.48. The van der Waals surface area contributed by atoms with Crippen molar-refractivity contribution in [2.24, 2.45) is 0 Å². The standard InChI is InChI=1S/C26H22N4O5S2/c1-2-34-25(32)29-12-11-15-20(13-29)37-24(22(15)23-27-16-7-3-6-10-19(16)36-23)28-21(31)14-30-17-8-4-5-9-18(17)35-26(30)33/h3-10H,2,11-14H2,1H3,(H,28,31). The second kappa shape index (κ2) is 9.49. The number of amides is 2. The number of hydrogen-bond donors (Lipinski definition) is 1. The summed E-state index contributed by atoms with van der Waals surface area (Å²) in [7, 11) is 0. The third kappa shape index (κ3) is 4.30. The number of nitrogens with one attached hydrogen (secondary N) is 1. The van der Waals surface area contributed by atoms with Crippen LogP contribution in [0.3, 0.4) is 0 Å². The number of aromatic nitrogens is 2. The van der Waals surface area contributed by atoms with Crippen molar-refractivity contribution in [3.05, 3.63) is 69.5 Å². The third-order valence-corrected chi connectivity index (χ3v) is 8.41. The highest BCUT2D eigenvalue weighted by Crippen LogP contribution is 2.45. The maximum atomic E-state index is 13.2. The summed E-state index contributed by atoms with van der Waals surface area (Å²) in [6.07, 6.45) is 0.275. The fraction of sp³-hybridized carbons (Fsp3) is 0.231. The highest BCUT2D eigenvalue weighted by Gasteiger charge is 2.30. The summed E-state index contributed by atoms with van der Waals surface area (Å²) in [5.74, 6) is -0.935. The Bertz CT molecular complexity index is 1680. The highest BCUT2D eigenvalue weighted by atomic mass is 32.1. The fourth-order valence-electron chi connectivity index (χ4n) is 4.54. The van der Waals surface area contributed by atoms with Crippen molar-refractivity contribution in [1.29, 1.82) is 0 Å². The van der Waals surface area contributed by atoms with Crippen LogP contribution in [0.2, 0.25) is 0 Å². The largest absolute Gasteiger partial charge is 0.450 e. The molecule has 1 aliphatic heterocycles. The van der Waals surface area contributed by atoms with E-state index in [1.54, 1.807) is 47.4 Å². The number of carbonyl (C=O) groups is 2. The lowest BCUT2D eigenvalue weighted by atomic mass is 10.0. The van der Waals surface area contributed by atoms with Gasteiger partial charge in [-0.1, -0.05) is 24.3 Å². The summed E-state index contributed by atoms with van der Waals surface area (Å²) in [6.45, 7) is 2.83. The van der Waals surface area contributed by atoms with E-state index in [-0.39, 0.29) is 18.5 Å². The van der Waals surface area contributed by atoms with Crippen LogP contribution in [0, 0.1) is 0 Å². The molecule has 188 valence electrons. The van der Waals surface area contributed by atoms with Crippen LogP contribution in [0.4, 0.5) is 9.80 Å². The second-order valence-electron chi connectivity index (χ2n) is 8.54. The van der Waals surface area contributed by atoms with Gasteiger partial charge in [0.1, 0.15) is 16.6 Å². The molecular weight excluding hydrogens is 512 g/mol. The molecule has 0 fully saturated rings. The van der Waals surface area contributed by atoms with Gasteiger partial charge in [0.05, 0.1) is 28.9 Å².